The van der Waals surface area contributed by atoms with Crippen LogP contribution in [-0.4, -0.2) is 25.5 Å². The molecule has 0 aromatic rings. The van der Waals surface area contributed by atoms with Crippen LogP contribution < -0.4 is 10.6 Å². The van der Waals surface area contributed by atoms with Gasteiger partial charge in [-0.2, -0.15) is 0 Å². The Morgan fingerprint density at radius 2 is 2.22 bits per heavy atom. The standard InChI is InChI=1S/C15H28N2O/c1-11(2)15(7-8-16-10-15)14(18)17-9-13-6-4-5-12(13)3/h11-13,16H,4-10H2,1-3H3,(H,17,18). The fourth-order valence-corrected chi connectivity index (χ4v) is 3.59. The van der Waals surface area contributed by atoms with Crippen LogP contribution in [0.4, 0.5) is 0 Å². The predicted molar refractivity (Wildman–Crippen MR) is 74.3 cm³/mol. The fourth-order valence-electron chi connectivity index (χ4n) is 3.59. The van der Waals surface area contributed by atoms with Gasteiger partial charge in [-0.05, 0) is 37.1 Å². The smallest absolute Gasteiger partial charge is 0.227 e. The highest BCUT2D eigenvalue weighted by atomic mass is 16.2. The van der Waals surface area contributed by atoms with Crippen molar-refractivity contribution in [3.63, 3.8) is 0 Å². The molecule has 3 atom stereocenters. The number of hydrogen-bond acceptors (Lipinski definition) is 2. The summed E-state index contributed by atoms with van der Waals surface area (Å²) in [7, 11) is 0. The van der Waals surface area contributed by atoms with Gasteiger partial charge in [0.15, 0.2) is 0 Å². The van der Waals surface area contributed by atoms with Crippen LogP contribution in [-0.2, 0) is 4.79 Å². The zero-order chi connectivity index (χ0) is 13.2. The first-order chi connectivity index (χ1) is 8.56. The van der Waals surface area contributed by atoms with Crippen LogP contribution in [0.5, 0.6) is 0 Å². The van der Waals surface area contributed by atoms with Crippen molar-refractivity contribution in [2.24, 2.45) is 23.2 Å². The summed E-state index contributed by atoms with van der Waals surface area (Å²) in [5.41, 5.74) is -0.165. The summed E-state index contributed by atoms with van der Waals surface area (Å²) >= 11 is 0. The monoisotopic (exact) mass is 252 g/mol. The molecule has 1 amide bonds. The molecule has 0 bridgehead atoms. The van der Waals surface area contributed by atoms with Gasteiger partial charge in [0.2, 0.25) is 5.91 Å². The van der Waals surface area contributed by atoms with Crippen molar-refractivity contribution < 1.29 is 4.79 Å². The third-order valence-corrected chi connectivity index (χ3v) is 5.31. The summed E-state index contributed by atoms with van der Waals surface area (Å²) in [6.45, 7) is 9.37. The van der Waals surface area contributed by atoms with E-state index >= 15 is 0 Å². The fraction of sp³-hybridized carbons (Fsp3) is 0.933. The third-order valence-electron chi connectivity index (χ3n) is 5.31. The first kappa shape index (κ1) is 13.9. The topological polar surface area (TPSA) is 41.1 Å². The molecular weight excluding hydrogens is 224 g/mol. The number of carbonyl (C=O) groups excluding carboxylic acids is 1. The molecule has 2 N–H and O–H groups in total. The van der Waals surface area contributed by atoms with Gasteiger partial charge in [-0.1, -0.05) is 33.6 Å². The quantitative estimate of drug-likeness (QED) is 0.805. The average molecular weight is 252 g/mol. The van der Waals surface area contributed by atoms with E-state index in [1.54, 1.807) is 0 Å². The van der Waals surface area contributed by atoms with Gasteiger partial charge in [0, 0.05) is 13.1 Å². The molecule has 104 valence electrons. The van der Waals surface area contributed by atoms with E-state index in [2.05, 4.69) is 31.4 Å². The first-order valence-corrected chi connectivity index (χ1v) is 7.55. The molecule has 3 unspecified atom stereocenters. The highest BCUT2D eigenvalue weighted by Crippen LogP contribution is 2.35. The van der Waals surface area contributed by atoms with Crippen LogP contribution in [0.1, 0.15) is 46.5 Å². The van der Waals surface area contributed by atoms with E-state index in [0.29, 0.717) is 11.8 Å². The largest absolute Gasteiger partial charge is 0.355 e. The zero-order valence-corrected chi connectivity index (χ0v) is 12.1. The van der Waals surface area contributed by atoms with E-state index in [1.807, 2.05) is 0 Å². The van der Waals surface area contributed by atoms with Crippen molar-refractivity contribution in [3.05, 3.63) is 0 Å². The first-order valence-electron chi connectivity index (χ1n) is 7.55. The molecule has 0 spiro atoms. The van der Waals surface area contributed by atoms with Crippen LogP contribution in [0.2, 0.25) is 0 Å². The summed E-state index contributed by atoms with van der Waals surface area (Å²) < 4.78 is 0. The van der Waals surface area contributed by atoms with E-state index in [9.17, 15) is 4.79 Å². The van der Waals surface area contributed by atoms with E-state index in [4.69, 9.17) is 0 Å². The minimum absolute atomic E-state index is 0.165. The minimum atomic E-state index is -0.165. The molecule has 1 saturated heterocycles. The Hall–Kier alpha value is -0.570. The summed E-state index contributed by atoms with van der Waals surface area (Å²) in [6.07, 6.45) is 4.93. The van der Waals surface area contributed by atoms with Crippen molar-refractivity contribution in [3.8, 4) is 0 Å². The van der Waals surface area contributed by atoms with Crippen molar-refractivity contribution in [1.29, 1.82) is 0 Å². The van der Waals surface area contributed by atoms with E-state index in [-0.39, 0.29) is 11.3 Å². The molecule has 2 fully saturated rings. The summed E-state index contributed by atoms with van der Waals surface area (Å²) in [4.78, 5) is 12.5. The molecule has 2 rings (SSSR count). The third kappa shape index (κ3) is 2.56. The minimum Gasteiger partial charge on any atom is -0.355 e. The predicted octanol–water partition coefficient (Wildman–Crippen LogP) is 2.17. The molecule has 18 heavy (non-hydrogen) atoms. The molecule has 3 heteroatoms. The lowest BCUT2D eigenvalue weighted by Crippen LogP contribution is -2.47. The molecule has 1 saturated carbocycles. The Balaban J connectivity index is 1.90. The van der Waals surface area contributed by atoms with Gasteiger partial charge in [-0.15, -0.1) is 0 Å². The molecule has 0 radical (unpaired) electrons. The van der Waals surface area contributed by atoms with Crippen molar-refractivity contribution in [1.82, 2.24) is 10.6 Å². The van der Waals surface area contributed by atoms with Crippen molar-refractivity contribution >= 4 is 5.91 Å². The highest BCUT2D eigenvalue weighted by Gasteiger charge is 2.43. The molecule has 1 aliphatic heterocycles. The second-order valence-electron chi connectivity index (χ2n) is 6.62. The summed E-state index contributed by atoms with van der Waals surface area (Å²) in [5.74, 6) is 2.17. The van der Waals surface area contributed by atoms with Gasteiger partial charge in [0.05, 0.1) is 5.41 Å². The number of nitrogens with one attached hydrogen (secondary N) is 2. The Kier molecular flexibility index (Phi) is 4.31. The Morgan fingerprint density at radius 3 is 2.72 bits per heavy atom. The van der Waals surface area contributed by atoms with E-state index < -0.39 is 0 Å². The number of carbonyl (C=O) groups is 1. The molecular formula is C15H28N2O. The second kappa shape index (κ2) is 5.60. The number of hydrogen-bond donors (Lipinski definition) is 2. The van der Waals surface area contributed by atoms with E-state index in [1.165, 1.54) is 19.3 Å². The molecule has 3 nitrogen and oxygen atoms in total. The summed E-state index contributed by atoms with van der Waals surface area (Å²) in [6, 6.07) is 0. The Bertz CT molecular complexity index is 295. The number of rotatable bonds is 4. The van der Waals surface area contributed by atoms with Crippen molar-refractivity contribution in [2.45, 2.75) is 46.5 Å². The van der Waals surface area contributed by atoms with Gasteiger partial charge in [-0.3, -0.25) is 4.79 Å². The maximum absolute atomic E-state index is 12.5. The van der Waals surface area contributed by atoms with Crippen LogP contribution in [0.3, 0.4) is 0 Å². The van der Waals surface area contributed by atoms with Crippen LogP contribution in [0, 0.1) is 23.2 Å². The number of amides is 1. The lowest BCUT2D eigenvalue weighted by Gasteiger charge is -2.32. The zero-order valence-electron chi connectivity index (χ0n) is 12.1. The van der Waals surface area contributed by atoms with Gasteiger partial charge < -0.3 is 10.6 Å². The van der Waals surface area contributed by atoms with Gasteiger partial charge in [0.25, 0.3) is 0 Å². The lowest BCUT2D eigenvalue weighted by molar-refractivity contribution is -0.132. The van der Waals surface area contributed by atoms with Crippen molar-refractivity contribution in [2.75, 3.05) is 19.6 Å². The normalized spacial score (nSPS) is 36.2. The maximum atomic E-state index is 12.5. The second-order valence-corrected chi connectivity index (χ2v) is 6.62. The van der Waals surface area contributed by atoms with Gasteiger partial charge >= 0.3 is 0 Å². The Morgan fingerprint density at radius 1 is 1.44 bits per heavy atom. The summed E-state index contributed by atoms with van der Waals surface area (Å²) in [5, 5.41) is 6.59. The molecule has 0 aromatic heterocycles. The maximum Gasteiger partial charge on any atom is 0.227 e. The SMILES string of the molecule is CC1CCCC1CNC(=O)C1(C(C)C)CCNC1. The highest BCUT2D eigenvalue weighted by molar-refractivity contribution is 5.83. The average Bonchev–Trinajstić information content (AvgIpc) is 2.95. The van der Waals surface area contributed by atoms with Gasteiger partial charge in [0.1, 0.15) is 0 Å². The van der Waals surface area contributed by atoms with Crippen LogP contribution in [0.15, 0.2) is 0 Å². The molecule has 0 aromatic carbocycles. The van der Waals surface area contributed by atoms with Crippen LogP contribution >= 0.6 is 0 Å². The Labute approximate surface area is 111 Å². The van der Waals surface area contributed by atoms with E-state index in [0.717, 1.165) is 32.0 Å². The molecule has 2 aliphatic rings. The van der Waals surface area contributed by atoms with Crippen LogP contribution in [0.25, 0.3) is 0 Å². The lowest BCUT2D eigenvalue weighted by atomic mass is 9.75. The van der Waals surface area contributed by atoms with Gasteiger partial charge in [-0.25, -0.2) is 0 Å². The molecule has 1 aliphatic carbocycles. The molecule has 1 heterocycles.